The molecule has 1 heterocycles. The maximum Gasteiger partial charge on any atom is 0.318 e. The summed E-state index contributed by atoms with van der Waals surface area (Å²) in [5.74, 6) is -0.678. The SMILES string of the molecule is CCN1CC[C@H](C(C(=O)O)(c2ccccc2)c2ccccc2)C1.Cl. The first-order valence-electron chi connectivity index (χ1n) is 8.26. The fourth-order valence-electron chi connectivity index (χ4n) is 3.94. The third-order valence-electron chi connectivity index (χ3n) is 5.13. The average molecular weight is 346 g/mol. The first kappa shape index (κ1) is 18.5. The predicted molar refractivity (Wildman–Crippen MR) is 98.8 cm³/mol. The number of hydrogen-bond donors (Lipinski definition) is 1. The Labute approximate surface area is 149 Å². The Morgan fingerprint density at radius 2 is 1.58 bits per heavy atom. The molecular weight excluding hydrogens is 322 g/mol. The fraction of sp³-hybridized carbons (Fsp3) is 0.350. The summed E-state index contributed by atoms with van der Waals surface area (Å²) >= 11 is 0. The Hall–Kier alpha value is -1.84. The number of carboxylic acids is 1. The van der Waals surface area contributed by atoms with Crippen LogP contribution in [0.1, 0.15) is 24.5 Å². The summed E-state index contributed by atoms with van der Waals surface area (Å²) < 4.78 is 0. The van der Waals surface area contributed by atoms with Gasteiger partial charge < -0.3 is 10.0 Å². The minimum absolute atomic E-state index is 0. The third-order valence-corrected chi connectivity index (χ3v) is 5.13. The van der Waals surface area contributed by atoms with Gasteiger partial charge in [-0.2, -0.15) is 0 Å². The molecule has 0 aromatic heterocycles. The molecule has 2 aromatic carbocycles. The van der Waals surface area contributed by atoms with Gasteiger partial charge in [-0.1, -0.05) is 67.6 Å². The van der Waals surface area contributed by atoms with Crippen molar-refractivity contribution in [2.24, 2.45) is 5.92 Å². The van der Waals surface area contributed by atoms with Crippen molar-refractivity contribution in [3.8, 4) is 0 Å². The lowest BCUT2D eigenvalue weighted by Gasteiger charge is -2.36. The summed E-state index contributed by atoms with van der Waals surface area (Å²) in [6, 6.07) is 19.4. The number of aliphatic carboxylic acids is 1. The summed E-state index contributed by atoms with van der Waals surface area (Å²) in [4.78, 5) is 14.9. The van der Waals surface area contributed by atoms with Gasteiger partial charge in [0.2, 0.25) is 0 Å². The van der Waals surface area contributed by atoms with E-state index in [-0.39, 0.29) is 18.3 Å². The molecule has 24 heavy (non-hydrogen) atoms. The number of halogens is 1. The lowest BCUT2D eigenvalue weighted by Crippen LogP contribution is -2.45. The van der Waals surface area contributed by atoms with Crippen LogP contribution in [0.4, 0.5) is 0 Å². The number of nitrogens with zero attached hydrogens (tertiary/aromatic N) is 1. The van der Waals surface area contributed by atoms with Gasteiger partial charge in [0.25, 0.3) is 0 Å². The smallest absolute Gasteiger partial charge is 0.318 e. The van der Waals surface area contributed by atoms with Crippen molar-refractivity contribution in [2.45, 2.75) is 18.8 Å². The van der Waals surface area contributed by atoms with Gasteiger partial charge in [-0.05, 0) is 36.6 Å². The van der Waals surface area contributed by atoms with Crippen LogP contribution in [0.5, 0.6) is 0 Å². The molecule has 0 aliphatic carbocycles. The van der Waals surface area contributed by atoms with Crippen molar-refractivity contribution in [1.82, 2.24) is 4.90 Å². The maximum atomic E-state index is 12.6. The molecule has 3 nitrogen and oxygen atoms in total. The molecule has 0 bridgehead atoms. The zero-order valence-corrected chi connectivity index (χ0v) is 14.7. The van der Waals surface area contributed by atoms with Crippen LogP contribution in [0, 0.1) is 5.92 Å². The van der Waals surface area contributed by atoms with Crippen LogP contribution in [0.15, 0.2) is 60.7 Å². The Kier molecular flexibility index (Phi) is 6.03. The summed E-state index contributed by atoms with van der Waals surface area (Å²) in [6.07, 6.45) is 0.907. The van der Waals surface area contributed by atoms with E-state index in [2.05, 4.69) is 11.8 Å². The van der Waals surface area contributed by atoms with E-state index < -0.39 is 11.4 Å². The average Bonchev–Trinajstić information content (AvgIpc) is 3.06. The van der Waals surface area contributed by atoms with Crippen molar-refractivity contribution < 1.29 is 9.90 Å². The van der Waals surface area contributed by atoms with Crippen molar-refractivity contribution in [3.05, 3.63) is 71.8 Å². The van der Waals surface area contributed by atoms with E-state index in [1.807, 2.05) is 60.7 Å². The van der Waals surface area contributed by atoms with Gasteiger partial charge in [-0.3, -0.25) is 4.79 Å². The molecule has 0 amide bonds. The fourth-order valence-corrected chi connectivity index (χ4v) is 3.94. The topological polar surface area (TPSA) is 40.5 Å². The van der Waals surface area contributed by atoms with Crippen LogP contribution in [0.2, 0.25) is 0 Å². The number of benzene rings is 2. The normalized spacial score (nSPS) is 18.1. The van der Waals surface area contributed by atoms with E-state index in [1.54, 1.807) is 0 Å². The number of carbonyl (C=O) groups is 1. The molecule has 0 radical (unpaired) electrons. The van der Waals surface area contributed by atoms with Crippen molar-refractivity contribution >= 4 is 18.4 Å². The Bertz CT molecular complexity index is 620. The Morgan fingerprint density at radius 3 is 1.96 bits per heavy atom. The third kappa shape index (κ3) is 3.06. The summed E-state index contributed by atoms with van der Waals surface area (Å²) in [6.45, 7) is 4.90. The molecule has 3 rings (SSSR count). The molecule has 0 spiro atoms. The molecule has 1 aliphatic rings. The summed E-state index contributed by atoms with van der Waals surface area (Å²) in [5.41, 5.74) is 0.773. The molecule has 4 heteroatoms. The zero-order chi connectivity index (χ0) is 16.3. The van der Waals surface area contributed by atoms with Gasteiger partial charge >= 0.3 is 5.97 Å². The van der Waals surface area contributed by atoms with Crippen LogP contribution in [-0.4, -0.2) is 35.6 Å². The number of likely N-dealkylation sites (tertiary alicyclic amines) is 1. The van der Waals surface area contributed by atoms with Gasteiger partial charge in [0.15, 0.2) is 0 Å². The second kappa shape index (κ2) is 7.82. The molecular formula is C20H24ClNO2. The molecule has 1 saturated heterocycles. The van der Waals surface area contributed by atoms with E-state index >= 15 is 0 Å². The first-order valence-corrected chi connectivity index (χ1v) is 8.26. The van der Waals surface area contributed by atoms with Gasteiger partial charge in [0, 0.05) is 6.54 Å². The molecule has 2 aromatic rings. The molecule has 1 aliphatic heterocycles. The van der Waals surface area contributed by atoms with E-state index in [9.17, 15) is 9.90 Å². The summed E-state index contributed by atoms with van der Waals surface area (Å²) in [7, 11) is 0. The highest BCUT2D eigenvalue weighted by Crippen LogP contribution is 2.43. The number of hydrogen-bond acceptors (Lipinski definition) is 2. The van der Waals surface area contributed by atoms with Crippen molar-refractivity contribution in [1.29, 1.82) is 0 Å². The van der Waals surface area contributed by atoms with Crippen LogP contribution < -0.4 is 0 Å². The minimum Gasteiger partial charge on any atom is -0.480 e. The molecule has 0 unspecified atom stereocenters. The Morgan fingerprint density at radius 1 is 1.08 bits per heavy atom. The quantitative estimate of drug-likeness (QED) is 0.895. The zero-order valence-electron chi connectivity index (χ0n) is 13.9. The van der Waals surface area contributed by atoms with Gasteiger partial charge in [0.05, 0.1) is 0 Å². The van der Waals surface area contributed by atoms with Crippen molar-refractivity contribution in [2.75, 3.05) is 19.6 Å². The van der Waals surface area contributed by atoms with E-state index in [0.29, 0.717) is 0 Å². The highest BCUT2D eigenvalue weighted by molar-refractivity contribution is 5.86. The monoisotopic (exact) mass is 345 g/mol. The highest BCUT2D eigenvalue weighted by Gasteiger charge is 2.50. The van der Waals surface area contributed by atoms with Crippen molar-refractivity contribution in [3.63, 3.8) is 0 Å². The van der Waals surface area contributed by atoms with Crippen LogP contribution in [0.25, 0.3) is 0 Å². The van der Waals surface area contributed by atoms with E-state index in [0.717, 1.165) is 37.2 Å². The second-order valence-electron chi connectivity index (χ2n) is 6.22. The lowest BCUT2D eigenvalue weighted by atomic mass is 9.65. The van der Waals surface area contributed by atoms with Crippen LogP contribution >= 0.6 is 12.4 Å². The van der Waals surface area contributed by atoms with Gasteiger partial charge in [0.1, 0.15) is 5.41 Å². The molecule has 1 fully saturated rings. The highest BCUT2D eigenvalue weighted by atomic mass is 35.5. The predicted octanol–water partition coefficient (Wildman–Crippen LogP) is 3.82. The summed E-state index contributed by atoms with van der Waals surface area (Å²) in [5, 5.41) is 10.3. The van der Waals surface area contributed by atoms with Crippen LogP contribution in [-0.2, 0) is 10.2 Å². The van der Waals surface area contributed by atoms with E-state index in [1.165, 1.54) is 0 Å². The number of carboxylic acid groups (broad SMARTS) is 1. The van der Waals surface area contributed by atoms with Gasteiger partial charge in [-0.25, -0.2) is 0 Å². The largest absolute Gasteiger partial charge is 0.480 e. The maximum absolute atomic E-state index is 12.6. The Balaban J connectivity index is 0.00000208. The van der Waals surface area contributed by atoms with Crippen LogP contribution in [0.3, 0.4) is 0 Å². The lowest BCUT2D eigenvalue weighted by molar-refractivity contribution is -0.144. The first-order chi connectivity index (χ1) is 11.2. The van der Waals surface area contributed by atoms with Gasteiger partial charge in [-0.15, -0.1) is 12.4 Å². The number of rotatable bonds is 5. The molecule has 1 atom stereocenters. The minimum atomic E-state index is -0.980. The second-order valence-corrected chi connectivity index (χ2v) is 6.22. The van der Waals surface area contributed by atoms with E-state index in [4.69, 9.17) is 0 Å². The standard InChI is InChI=1S/C20H23NO2.ClH/c1-2-21-14-13-18(15-21)20(19(22)23,16-9-5-3-6-10-16)17-11-7-4-8-12-17;/h3-12,18H,2,13-15H2,1H3,(H,22,23);1H/t18-;/m0./s1. The molecule has 0 saturated carbocycles. The molecule has 1 N–H and O–H groups in total. The molecule has 128 valence electrons.